The standard InChI is InChI=1S/C15H17ClN6O/c16-14-18-13(11-2-1-5-22(11)19-14)17-12-8-15(23-20-12)9-21-6-3-10(15)4-7-21/h1-2,5,10H,3-4,6-9H2,(H,17,18,19,20). The number of halogens is 1. The molecule has 1 unspecified atom stereocenters. The monoisotopic (exact) mass is 332 g/mol. The van der Waals surface area contributed by atoms with E-state index in [1.54, 1.807) is 4.52 Å². The van der Waals surface area contributed by atoms with E-state index in [0.29, 0.717) is 11.7 Å². The molecule has 1 spiro atoms. The lowest BCUT2D eigenvalue weighted by molar-refractivity contribution is -0.136. The fraction of sp³-hybridized carbons (Fsp3) is 0.533. The number of aromatic nitrogens is 3. The summed E-state index contributed by atoms with van der Waals surface area (Å²) in [6.07, 6.45) is 5.04. The third-order valence-electron chi connectivity index (χ3n) is 5.25. The van der Waals surface area contributed by atoms with E-state index in [1.165, 1.54) is 25.9 Å². The minimum Gasteiger partial charge on any atom is -0.386 e. The Labute approximate surface area is 138 Å². The summed E-state index contributed by atoms with van der Waals surface area (Å²) in [6.45, 7) is 3.34. The number of amidine groups is 1. The van der Waals surface area contributed by atoms with Crippen molar-refractivity contribution in [1.82, 2.24) is 19.5 Å². The van der Waals surface area contributed by atoms with Gasteiger partial charge in [0.25, 0.3) is 0 Å². The zero-order valence-corrected chi connectivity index (χ0v) is 13.3. The maximum absolute atomic E-state index is 6.00. The number of rotatable bonds is 1. The lowest BCUT2D eigenvalue weighted by atomic mass is 9.73. The Morgan fingerprint density at radius 3 is 3.00 bits per heavy atom. The van der Waals surface area contributed by atoms with E-state index < -0.39 is 0 Å². The normalized spacial score (nSPS) is 32.3. The van der Waals surface area contributed by atoms with Crippen molar-refractivity contribution in [2.24, 2.45) is 11.1 Å². The summed E-state index contributed by atoms with van der Waals surface area (Å²) >= 11 is 6.00. The molecule has 6 rings (SSSR count). The number of hydrogen-bond donors (Lipinski definition) is 1. The van der Waals surface area contributed by atoms with Gasteiger partial charge in [0, 0.05) is 18.7 Å². The molecule has 8 heteroatoms. The van der Waals surface area contributed by atoms with Crippen LogP contribution < -0.4 is 5.32 Å². The second-order valence-electron chi connectivity index (χ2n) is 6.61. The summed E-state index contributed by atoms with van der Waals surface area (Å²) < 4.78 is 1.71. The van der Waals surface area contributed by atoms with E-state index in [4.69, 9.17) is 16.4 Å². The fourth-order valence-corrected chi connectivity index (χ4v) is 4.29. The third-order valence-corrected chi connectivity index (χ3v) is 5.42. The van der Waals surface area contributed by atoms with Crippen LogP contribution in [-0.2, 0) is 4.84 Å². The maximum Gasteiger partial charge on any atom is 0.243 e. The third kappa shape index (κ3) is 2.10. The van der Waals surface area contributed by atoms with Crippen LogP contribution in [0.1, 0.15) is 19.3 Å². The minimum atomic E-state index is -0.159. The number of hydrogen-bond acceptors (Lipinski definition) is 6. The highest BCUT2D eigenvalue weighted by molar-refractivity contribution is 6.28. The highest BCUT2D eigenvalue weighted by atomic mass is 35.5. The van der Waals surface area contributed by atoms with Gasteiger partial charge < -0.3 is 10.2 Å². The Bertz CT molecular complexity index is 796. The molecule has 23 heavy (non-hydrogen) atoms. The molecule has 0 aromatic carbocycles. The van der Waals surface area contributed by atoms with Gasteiger partial charge in [0.05, 0.1) is 6.42 Å². The molecule has 2 bridgehead atoms. The number of anilines is 1. The van der Waals surface area contributed by atoms with Crippen molar-refractivity contribution in [3.8, 4) is 0 Å². The zero-order valence-electron chi connectivity index (χ0n) is 12.6. The molecule has 3 fully saturated rings. The minimum absolute atomic E-state index is 0.159. The van der Waals surface area contributed by atoms with Crippen LogP contribution in [0.25, 0.3) is 5.52 Å². The summed E-state index contributed by atoms with van der Waals surface area (Å²) in [4.78, 5) is 12.7. The molecule has 7 nitrogen and oxygen atoms in total. The quantitative estimate of drug-likeness (QED) is 0.865. The highest BCUT2D eigenvalue weighted by Crippen LogP contribution is 2.43. The van der Waals surface area contributed by atoms with Crippen LogP contribution in [0.4, 0.5) is 5.82 Å². The van der Waals surface area contributed by atoms with Gasteiger partial charge in [-0.15, -0.1) is 5.10 Å². The van der Waals surface area contributed by atoms with Gasteiger partial charge in [-0.05, 0) is 49.7 Å². The molecule has 0 amide bonds. The van der Waals surface area contributed by atoms with Gasteiger partial charge >= 0.3 is 0 Å². The number of piperidine rings is 3. The summed E-state index contributed by atoms with van der Waals surface area (Å²) in [5.74, 6) is 2.07. The van der Waals surface area contributed by atoms with Crippen molar-refractivity contribution in [2.45, 2.75) is 24.9 Å². The maximum atomic E-state index is 6.00. The second-order valence-corrected chi connectivity index (χ2v) is 6.95. The average Bonchev–Trinajstić information content (AvgIpc) is 3.16. The van der Waals surface area contributed by atoms with Gasteiger partial charge in [0.15, 0.2) is 17.3 Å². The lowest BCUT2D eigenvalue weighted by Crippen LogP contribution is -2.59. The van der Waals surface area contributed by atoms with E-state index in [1.807, 2.05) is 18.3 Å². The first-order chi connectivity index (χ1) is 11.2. The van der Waals surface area contributed by atoms with Gasteiger partial charge in [-0.25, -0.2) is 4.52 Å². The Balaban J connectivity index is 1.40. The zero-order chi connectivity index (χ0) is 15.4. The van der Waals surface area contributed by atoms with Crippen LogP contribution in [0.3, 0.4) is 0 Å². The van der Waals surface area contributed by atoms with Crippen LogP contribution >= 0.6 is 11.6 Å². The van der Waals surface area contributed by atoms with Crippen molar-refractivity contribution < 1.29 is 4.84 Å². The summed E-state index contributed by atoms with van der Waals surface area (Å²) in [5.41, 5.74) is 0.709. The van der Waals surface area contributed by atoms with Crippen LogP contribution in [0.5, 0.6) is 0 Å². The summed E-state index contributed by atoms with van der Waals surface area (Å²) in [7, 11) is 0. The predicted octanol–water partition coefficient (Wildman–Crippen LogP) is 1.99. The van der Waals surface area contributed by atoms with Crippen LogP contribution in [-0.4, -0.2) is 50.6 Å². The first-order valence-electron chi connectivity index (χ1n) is 7.97. The van der Waals surface area contributed by atoms with E-state index >= 15 is 0 Å². The van der Waals surface area contributed by atoms with E-state index in [9.17, 15) is 0 Å². The molecule has 1 N–H and O–H groups in total. The first-order valence-corrected chi connectivity index (χ1v) is 8.35. The molecule has 0 radical (unpaired) electrons. The second kappa shape index (κ2) is 4.82. The van der Waals surface area contributed by atoms with E-state index in [-0.39, 0.29) is 10.9 Å². The Kier molecular flexibility index (Phi) is 2.84. The SMILES string of the molecule is Clc1nc(NC2=NOC3(C2)CN2CCC3CC2)c2cccn2n1. The molecular weight excluding hydrogens is 316 g/mol. The van der Waals surface area contributed by atoms with E-state index in [2.05, 4.69) is 25.5 Å². The molecule has 0 aliphatic carbocycles. The largest absolute Gasteiger partial charge is 0.386 e. The first kappa shape index (κ1) is 13.6. The lowest BCUT2D eigenvalue weighted by Gasteiger charge is -2.49. The summed E-state index contributed by atoms with van der Waals surface area (Å²) in [6, 6.07) is 3.85. The fourth-order valence-electron chi connectivity index (χ4n) is 4.13. The van der Waals surface area contributed by atoms with E-state index in [0.717, 1.165) is 24.3 Å². The molecular formula is C15H17ClN6O. The number of oxime groups is 1. The molecule has 2 aromatic rings. The topological polar surface area (TPSA) is 67.1 Å². The molecule has 6 heterocycles. The van der Waals surface area contributed by atoms with Crippen molar-refractivity contribution >= 4 is 28.8 Å². The van der Waals surface area contributed by atoms with Crippen molar-refractivity contribution in [3.63, 3.8) is 0 Å². The molecule has 0 saturated carbocycles. The molecule has 1 atom stereocenters. The number of nitrogens with one attached hydrogen (secondary N) is 1. The predicted molar refractivity (Wildman–Crippen MR) is 86.7 cm³/mol. The van der Waals surface area contributed by atoms with Crippen molar-refractivity contribution in [3.05, 3.63) is 23.6 Å². The van der Waals surface area contributed by atoms with Crippen LogP contribution in [0, 0.1) is 5.92 Å². The Morgan fingerprint density at radius 2 is 2.22 bits per heavy atom. The number of nitrogens with zero attached hydrogens (tertiary/aromatic N) is 5. The van der Waals surface area contributed by atoms with Crippen LogP contribution in [0.15, 0.2) is 23.5 Å². The highest BCUT2D eigenvalue weighted by Gasteiger charge is 2.52. The molecule has 4 aliphatic rings. The van der Waals surface area contributed by atoms with Gasteiger partial charge in [0.1, 0.15) is 5.52 Å². The van der Waals surface area contributed by atoms with Gasteiger partial charge in [-0.1, -0.05) is 5.16 Å². The smallest absolute Gasteiger partial charge is 0.243 e. The van der Waals surface area contributed by atoms with Gasteiger partial charge in [0.2, 0.25) is 5.28 Å². The molecule has 2 aromatic heterocycles. The summed E-state index contributed by atoms with van der Waals surface area (Å²) in [5, 5.41) is 11.9. The van der Waals surface area contributed by atoms with Crippen molar-refractivity contribution in [2.75, 3.05) is 25.0 Å². The number of fused-ring (bicyclic) bond motifs is 3. The van der Waals surface area contributed by atoms with Crippen LogP contribution in [0.2, 0.25) is 5.28 Å². The Morgan fingerprint density at radius 1 is 1.35 bits per heavy atom. The molecule has 120 valence electrons. The van der Waals surface area contributed by atoms with Crippen molar-refractivity contribution in [1.29, 1.82) is 0 Å². The average molecular weight is 333 g/mol. The van der Waals surface area contributed by atoms with Gasteiger partial charge in [-0.2, -0.15) is 4.98 Å². The Hall–Kier alpha value is -1.86. The van der Waals surface area contributed by atoms with Gasteiger partial charge in [-0.3, -0.25) is 4.90 Å². The molecule has 3 saturated heterocycles. The molecule has 4 aliphatic heterocycles.